The summed E-state index contributed by atoms with van der Waals surface area (Å²) < 4.78 is 0. The summed E-state index contributed by atoms with van der Waals surface area (Å²) in [7, 11) is 0. The molecule has 0 aromatic carbocycles. The zero-order valence-corrected chi connectivity index (χ0v) is 11.6. The molecular formula is H2Co5Sn. The molecular weight excluding hydrogens is 413 g/mol. The van der Waals surface area contributed by atoms with Crippen LogP contribution in [0.1, 0.15) is 0 Å². The van der Waals surface area contributed by atoms with E-state index in [2.05, 4.69) is 0 Å². The molecule has 0 aliphatic carbocycles. The van der Waals surface area contributed by atoms with Gasteiger partial charge >= 0.3 is 23.9 Å². The molecule has 0 aliphatic rings. The summed E-state index contributed by atoms with van der Waals surface area (Å²) in [5.41, 5.74) is 0. The van der Waals surface area contributed by atoms with Crippen molar-refractivity contribution in [1.82, 2.24) is 0 Å². The average molecular weight is 415 g/mol. The molecule has 0 N–H and O–H groups in total. The summed E-state index contributed by atoms with van der Waals surface area (Å²) in [5.74, 6) is 0. The summed E-state index contributed by atoms with van der Waals surface area (Å²) in [5, 5.41) is 0. The average Bonchev–Trinajstić information content (AvgIpc) is 0. The zero-order chi connectivity index (χ0) is 0. The van der Waals surface area contributed by atoms with Crippen molar-refractivity contribution in [3.63, 3.8) is 0 Å². The fraction of sp³-hybridized carbons (Fsp3) is 0. The van der Waals surface area contributed by atoms with Crippen LogP contribution in [0.25, 0.3) is 0 Å². The van der Waals surface area contributed by atoms with Gasteiger partial charge in [-0.05, 0) is 0 Å². The fourth-order valence-electron chi connectivity index (χ4n) is 0. The first-order chi connectivity index (χ1) is 0. The van der Waals surface area contributed by atoms with E-state index in [1.807, 2.05) is 0 Å². The van der Waals surface area contributed by atoms with Gasteiger partial charge in [-0.15, -0.1) is 0 Å². The van der Waals surface area contributed by atoms with Crippen molar-refractivity contribution >= 4 is 23.9 Å². The van der Waals surface area contributed by atoms with Gasteiger partial charge in [-0.2, -0.15) is 0 Å². The second kappa shape index (κ2) is 40.4. The quantitative estimate of drug-likeness (QED) is 0.449. The van der Waals surface area contributed by atoms with Gasteiger partial charge in [0.1, 0.15) is 0 Å². The van der Waals surface area contributed by atoms with Crippen LogP contribution >= 0.6 is 0 Å². The fourth-order valence-corrected chi connectivity index (χ4v) is 0. The van der Waals surface area contributed by atoms with Gasteiger partial charge in [0.25, 0.3) is 0 Å². The third-order valence-corrected chi connectivity index (χ3v) is 0. The first-order valence-corrected chi connectivity index (χ1v) is 0. The maximum absolute atomic E-state index is 0. The van der Waals surface area contributed by atoms with Crippen LogP contribution in [0.5, 0.6) is 0 Å². The van der Waals surface area contributed by atoms with Crippen LogP contribution in [0.3, 0.4) is 0 Å². The van der Waals surface area contributed by atoms with Crippen molar-refractivity contribution in [2.75, 3.05) is 0 Å². The molecule has 0 aliphatic heterocycles. The van der Waals surface area contributed by atoms with Gasteiger partial charge in [0.05, 0.1) is 0 Å². The molecule has 51 valence electrons. The van der Waals surface area contributed by atoms with Crippen LogP contribution in [-0.4, -0.2) is 23.9 Å². The molecule has 0 nitrogen and oxygen atoms in total. The van der Waals surface area contributed by atoms with E-state index >= 15 is 0 Å². The van der Waals surface area contributed by atoms with E-state index in [-0.39, 0.29) is 108 Å². The predicted octanol–water partition coefficient (Wildman–Crippen LogP) is -0.929. The molecule has 0 rings (SSSR count). The summed E-state index contributed by atoms with van der Waals surface area (Å²) in [6.07, 6.45) is 0. The van der Waals surface area contributed by atoms with Gasteiger partial charge in [0.15, 0.2) is 0 Å². The molecule has 0 fully saturated rings. The molecule has 0 saturated heterocycles. The monoisotopic (exact) mass is 417 g/mol. The molecule has 7 radical (unpaired) electrons. The van der Waals surface area contributed by atoms with Gasteiger partial charge < -0.3 is 0 Å². The first kappa shape index (κ1) is 58.4. The Balaban J connectivity index is 0. The third-order valence-electron chi connectivity index (χ3n) is 0. The van der Waals surface area contributed by atoms with Crippen LogP contribution in [-0.2, 0) is 83.9 Å². The summed E-state index contributed by atoms with van der Waals surface area (Å²) in [6.45, 7) is 0. The molecule has 6 heteroatoms. The summed E-state index contributed by atoms with van der Waals surface area (Å²) in [6, 6.07) is 0. The Kier molecular flexibility index (Phi) is 393. The van der Waals surface area contributed by atoms with Gasteiger partial charge in [-0.25, -0.2) is 0 Å². The zero-order valence-electron chi connectivity index (χ0n) is 2.37. The third kappa shape index (κ3) is 26.5. The van der Waals surface area contributed by atoms with Gasteiger partial charge in [-0.3, -0.25) is 0 Å². The molecule has 0 bridgehead atoms. The molecule has 0 spiro atoms. The van der Waals surface area contributed by atoms with Gasteiger partial charge in [0, 0.05) is 83.9 Å². The van der Waals surface area contributed by atoms with Crippen molar-refractivity contribution in [1.29, 1.82) is 0 Å². The van der Waals surface area contributed by atoms with Gasteiger partial charge in [-0.1, -0.05) is 0 Å². The van der Waals surface area contributed by atoms with Crippen LogP contribution in [0.15, 0.2) is 0 Å². The van der Waals surface area contributed by atoms with E-state index < -0.39 is 0 Å². The van der Waals surface area contributed by atoms with Gasteiger partial charge in [0.2, 0.25) is 0 Å². The van der Waals surface area contributed by atoms with Crippen molar-refractivity contribution in [3.8, 4) is 0 Å². The van der Waals surface area contributed by atoms with E-state index in [1.165, 1.54) is 0 Å². The molecule has 6 heavy (non-hydrogen) atoms. The predicted molar refractivity (Wildman–Crippen MR) is 8.54 cm³/mol. The Labute approximate surface area is 106 Å². The molecule has 0 heterocycles. The summed E-state index contributed by atoms with van der Waals surface area (Å²) in [4.78, 5) is 0. The van der Waals surface area contributed by atoms with Crippen LogP contribution in [0.4, 0.5) is 0 Å². The first-order valence-electron chi connectivity index (χ1n) is 0. The SMILES string of the molecule is [Co].[Co].[Co].[Co].[Co].[SnH2]. The standard InChI is InChI=1S/5Co.Sn.2H. The van der Waals surface area contributed by atoms with E-state index in [4.69, 9.17) is 0 Å². The topological polar surface area (TPSA) is 0 Å². The maximum atomic E-state index is 0. The minimum absolute atomic E-state index is 0. The Morgan fingerprint density at radius 2 is 0.333 bits per heavy atom. The Morgan fingerprint density at radius 1 is 0.333 bits per heavy atom. The molecule has 0 aromatic rings. The van der Waals surface area contributed by atoms with Crippen molar-refractivity contribution in [2.24, 2.45) is 0 Å². The molecule has 0 saturated carbocycles. The molecule has 0 unspecified atom stereocenters. The van der Waals surface area contributed by atoms with Crippen molar-refractivity contribution < 1.29 is 83.9 Å². The molecule has 0 atom stereocenters. The Hall–Kier alpha value is 3.33. The second-order valence-electron chi connectivity index (χ2n) is 0. The van der Waals surface area contributed by atoms with E-state index in [0.29, 0.717) is 0 Å². The van der Waals surface area contributed by atoms with Crippen LogP contribution in [0, 0.1) is 0 Å². The molecule has 0 aromatic heterocycles. The summed E-state index contributed by atoms with van der Waals surface area (Å²) >= 11 is 0. The van der Waals surface area contributed by atoms with E-state index in [9.17, 15) is 0 Å². The van der Waals surface area contributed by atoms with E-state index in [0.717, 1.165) is 0 Å². The number of rotatable bonds is 0. The van der Waals surface area contributed by atoms with Crippen LogP contribution < -0.4 is 0 Å². The van der Waals surface area contributed by atoms with Crippen molar-refractivity contribution in [3.05, 3.63) is 0 Å². The van der Waals surface area contributed by atoms with E-state index in [1.54, 1.807) is 0 Å². The Bertz CT molecular complexity index is 3.90. The minimum atomic E-state index is 0. The van der Waals surface area contributed by atoms with Crippen molar-refractivity contribution in [2.45, 2.75) is 0 Å². The number of hydrogen-bond donors (Lipinski definition) is 0. The number of hydrogen-bond acceptors (Lipinski definition) is 0. The second-order valence-corrected chi connectivity index (χ2v) is 0. The Morgan fingerprint density at radius 3 is 0.333 bits per heavy atom. The molecule has 0 amide bonds. The van der Waals surface area contributed by atoms with Crippen LogP contribution in [0.2, 0.25) is 0 Å². The normalized spacial score (nSPS) is 0.